The molecule has 1 rings (SSSR count). The van der Waals surface area contributed by atoms with Gasteiger partial charge in [0, 0.05) is 0 Å². The van der Waals surface area contributed by atoms with Gasteiger partial charge in [-0.2, -0.15) is 0 Å². The van der Waals surface area contributed by atoms with E-state index in [9.17, 15) is 13.2 Å². The van der Waals surface area contributed by atoms with Gasteiger partial charge in [-0.25, -0.2) is 0 Å². The number of halogens is 4. The first-order valence-electron chi connectivity index (χ1n) is 3.36. The molecule has 0 amide bonds. The second-order valence-corrected chi connectivity index (χ2v) is 4.52. The molecule has 0 saturated heterocycles. The second-order valence-electron chi connectivity index (χ2n) is 2.19. The molecule has 0 saturated carbocycles. The van der Waals surface area contributed by atoms with E-state index in [0.29, 0.717) is 0 Å². The van der Waals surface area contributed by atoms with Crippen LogP contribution in [0, 0.1) is 3.57 Å². The number of hydrogen-bond acceptors (Lipinski definition) is 1. The summed E-state index contributed by atoms with van der Waals surface area (Å²) in [5.41, 5.74) is 0. The van der Waals surface area contributed by atoms with E-state index in [-0.39, 0.29) is 27.0 Å². The molecule has 0 aliphatic heterocycles. The molecule has 1 nitrogen and oxygen atoms in total. The van der Waals surface area contributed by atoms with Gasteiger partial charge < -0.3 is 0 Å². The van der Waals surface area contributed by atoms with Crippen LogP contribution < -0.4 is 25.9 Å². The van der Waals surface area contributed by atoms with Crippen molar-refractivity contribution in [1.82, 2.24) is 0 Å². The normalized spacial score (nSPS) is 11.7. The van der Waals surface area contributed by atoms with E-state index >= 15 is 0 Å². The van der Waals surface area contributed by atoms with Crippen LogP contribution in [0.1, 0.15) is 0 Å². The average Bonchev–Trinajstić information content (AvgIpc) is 2.01. The molecule has 0 aliphatic carbocycles. The third-order valence-corrected chi connectivity index (χ3v) is 3.16. The minimum atomic E-state index is -4.59. The van der Waals surface area contributed by atoms with Crippen LogP contribution in [0.3, 0.4) is 0 Å². The summed E-state index contributed by atoms with van der Waals surface area (Å²) < 4.78 is 40.0. The molecule has 1 aromatic rings. The van der Waals surface area contributed by atoms with E-state index in [1.807, 2.05) is 4.93 Å². The Labute approximate surface area is 84.2 Å². The van der Waals surface area contributed by atoms with Crippen molar-refractivity contribution < 1.29 is 39.1 Å². The first-order chi connectivity index (χ1) is 6.01. The molecule has 5 heteroatoms. The predicted molar refractivity (Wildman–Crippen MR) is 37.7 cm³/mol. The summed E-state index contributed by atoms with van der Waals surface area (Å²) in [5, 5.41) is 0. The van der Waals surface area contributed by atoms with Gasteiger partial charge in [0.15, 0.2) is 0 Å². The molecule has 0 radical (unpaired) electrons. The van der Waals surface area contributed by atoms with Gasteiger partial charge in [-0.15, -0.1) is 0 Å². The Hall–Kier alpha value is -0.460. The van der Waals surface area contributed by atoms with Crippen LogP contribution in [-0.2, 0) is 0 Å². The monoisotopic (exact) mass is 303 g/mol. The van der Waals surface area contributed by atoms with Gasteiger partial charge in [-0.1, -0.05) is 0 Å². The van der Waals surface area contributed by atoms with Gasteiger partial charge in [0.2, 0.25) is 0 Å². The zero-order chi connectivity index (χ0) is 9.90. The summed E-state index contributed by atoms with van der Waals surface area (Å²) in [7, 11) is 0. The van der Waals surface area contributed by atoms with Crippen LogP contribution in [0.5, 0.6) is 5.75 Å². The molecule has 1 aromatic carbocycles. The summed E-state index contributed by atoms with van der Waals surface area (Å²) in [6.07, 6.45) is -4.59. The topological polar surface area (TPSA) is 9.23 Å². The van der Waals surface area contributed by atoms with Gasteiger partial charge in [-0.05, 0) is 0 Å². The van der Waals surface area contributed by atoms with Gasteiger partial charge in [0.1, 0.15) is 0 Å². The number of hydrogen-bond donors (Lipinski definition) is 0. The molecule has 74 valence electrons. The molecule has 0 aromatic heterocycles. The Morgan fingerprint density at radius 2 is 2.00 bits per heavy atom. The second kappa shape index (κ2) is 4.17. The number of benzene rings is 1. The summed E-state index contributed by atoms with van der Waals surface area (Å²) >= 11 is -0.198. The Morgan fingerprint density at radius 1 is 1.31 bits per heavy atom. The zero-order valence-electron chi connectivity index (χ0n) is 6.73. The standard InChI is InChI=1S/C8H7F3IO/c1-12-6-3-2-4-7(5-6)13-8(9,10)11/h2-5H,1H3/q-1. The number of alkyl halides is 4. The third-order valence-electron chi connectivity index (χ3n) is 1.25. The third kappa shape index (κ3) is 3.84. The van der Waals surface area contributed by atoms with Crippen molar-refractivity contribution in [2.24, 2.45) is 0 Å². The first-order valence-corrected chi connectivity index (χ1v) is 6.60. The van der Waals surface area contributed by atoms with Gasteiger partial charge in [0.05, 0.1) is 0 Å². The van der Waals surface area contributed by atoms with E-state index in [2.05, 4.69) is 4.74 Å². The van der Waals surface area contributed by atoms with E-state index in [1.165, 1.54) is 12.1 Å². The van der Waals surface area contributed by atoms with Crippen LogP contribution in [-0.4, -0.2) is 11.3 Å². The Balaban J connectivity index is 2.78. The van der Waals surface area contributed by atoms with Crippen molar-refractivity contribution in [3.63, 3.8) is 0 Å². The quantitative estimate of drug-likeness (QED) is 0.527. The Morgan fingerprint density at radius 3 is 2.54 bits per heavy atom. The van der Waals surface area contributed by atoms with Crippen molar-refractivity contribution in [3.8, 4) is 5.75 Å². The molecule has 13 heavy (non-hydrogen) atoms. The molecule has 0 atom stereocenters. The Kier molecular flexibility index (Phi) is 3.40. The molecule has 0 bridgehead atoms. The van der Waals surface area contributed by atoms with Crippen LogP contribution in [0.25, 0.3) is 0 Å². The fourth-order valence-corrected chi connectivity index (χ4v) is 1.97. The van der Waals surface area contributed by atoms with Crippen LogP contribution in [0.15, 0.2) is 24.3 Å². The fraction of sp³-hybridized carbons (Fsp3) is 0.250. The Bertz CT molecular complexity index is 285. The predicted octanol–water partition coefficient (Wildman–Crippen LogP) is -0.526. The van der Waals surface area contributed by atoms with Gasteiger partial charge in [-0.3, -0.25) is 0 Å². The number of rotatable bonds is 2. The SMILES string of the molecule is C[I-]c1cccc(OC(F)(F)F)c1. The fourth-order valence-electron chi connectivity index (χ4n) is 0.782. The van der Waals surface area contributed by atoms with Crippen molar-refractivity contribution in [2.45, 2.75) is 6.36 Å². The first kappa shape index (κ1) is 10.6. The van der Waals surface area contributed by atoms with Crippen molar-refractivity contribution in [1.29, 1.82) is 0 Å². The molecule has 0 aliphatic rings. The molecule has 0 heterocycles. The molecule has 0 fully saturated rings. The minimum absolute atomic E-state index is 0.133. The van der Waals surface area contributed by atoms with Crippen molar-refractivity contribution in [3.05, 3.63) is 27.8 Å². The van der Waals surface area contributed by atoms with Crippen molar-refractivity contribution in [2.75, 3.05) is 4.93 Å². The maximum atomic E-state index is 11.8. The molecule has 0 unspecified atom stereocenters. The molecular formula is C8H7F3IO-. The van der Waals surface area contributed by atoms with Gasteiger partial charge >= 0.3 is 84.0 Å². The molecule has 0 spiro atoms. The number of ether oxygens (including phenoxy) is 1. The molecular weight excluding hydrogens is 296 g/mol. The van der Waals surface area contributed by atoms with Crippen LogP contribution in [0.2, 0.25) is 0 Å². The van der Waals surface area contributed by atoms with Crippen LogP contribution in [0.4, 0.5) is 13.2 Å². The van der Waals surface area contributed by atoms with Crippen LogP contribution >= 0.6 is 0 Å². The average molecular weight is 303 g/mol. The van der Waals surface area contributed by atoms with Gasteiger partial charge in [0.25, 0.3) is 0 Å². The zero-order valence-corrected chi connectivity index (χ0v) is 8.89. The summed E-state index contributed by atoms with van der Waals surface area (Å²) in [5.74, 6) is -0.133. The summed E-state index contributed by atoms with van der Waals surface area (Å²) in [6, 6.07) is 6.10. The van der Waals surface area contributed by atoms with E-state index in [1.54, 1.807) is 12.1 Å². The maximum absolute atomic E-state index is 11.8. The van der Waals surface area contributed by atoms with E-state index in [0.717, 1.165) is 3.57 Å². The summed E-state index contributed by atoms with van der Waals surface area (Å²) in [6.45, 7) is 0. The van der Waals surface area contributed by atoms with E-state index < -0.39 is 6.36 Å². The molecule has 0 N–H and O–H groups in total. The van der Waals surface area contributed by atoms with Crippen molar-refractivity contribution >= 4 is 0 Å². The summed E-state index contributed by atoms with van der Waals surface area (Å²) in [4.78, 5) is 1.98. The van der Waals surface area contributed by atoms with E-state index in [4.69, 9.17) is 0 Å².